The van der Waals surface area contributed by atoms with E-state index in [1.165, 1.54) is 0 Å². The maximum atomic E-state index is 11.4. The van der Waals surface area contributed by atoms with Crippen LogP contribution in [0, 0.1) is 0 Å². The van der Waals surface area contributed by atoms with Crippen LogP contribution in [0.2, 0.25) is 0 Å². The van der Waals surface area contributed by atoms with Gasteiger partial charge in [0.05, 0.1) is 0 Å². The summed E-state index contributed by atoms with van der Waals surface area (Å²) < 4.78 is 0. The fourth-order valence-corrected chi connectivity index (χ4v) is 1.33. The Balaban J connectivity index is 3.96. The van der Waals surface area contributed by atoms with Crippen molar-refractivity contribution in [2.45, 2.75) is 45.1 Å². The zero-order valence-corrected chi connectivity index (χ0v) is 10.6. The highest BCUT2D eigenvalue weighted by atomic mass is 16.4. The summed E-state index contributed by atoms with van der Waals surface area (Å²) in [7, 11) is 0. The molecule has 7 heteroatoms. The van der Waals surface area contributed by atoms with E-state index in [1.807, 2.05) is 6.92 Å². The van der Waals surface area contributed by atoms with E-state index in [9.17, 15) is 14.4 Å². The molecule has 0 spiro atoms. The van der Waals surface area contributed by atoms with Gasteiger partial charge in [-0.2, -0.15) is 0 Å². The predicted octanol–water partition coefficient (Wildman–Crippen LogP) is 0.195. The Morgan fingerprint density at radius 2 is 1.94 bits per heavy atom. The first-order valence-corrected chi connectivity index (χ1v) is 6.02. The maximum Gasteiger partial charge on any atom is 0.326 e. The third-order valence-electron chi connectivity index (χ3n) is 2.35. The zero-order valence-electron chi connectivity index (χ0n) is 10.6. The molecule has 0 aliphatic rings. The summed E-state index contributed by atoms with van der Waals surface area (Å²) in [5, 5.41) is 13.7. The topological polar surface area (TPSA) is 122 Å². The number of urea groups is 1. The Morgan fingerprint density at radius 3 is 2.44 bits per heavy atom. The molecule has 0 aliphatic heterocycles. The number of carbonyl (C=O) groups is 3. The first-order valence-electron chi connectivity index (χ1n) is 6.02. The van der Waals surface area contributed by atoms with Gasteiger partial charge in [-0.25, -0.2) is 9.59 Å². The molecule has 0 aromatic carbocycles. The van der Waals surface area contributed by atoms with Crippen LogP contribution >= 0.6 is 0 Å². The van der Waals surface area contributed by atoms with Gasteiger partial charge in [-0.05, 0) is 12.8 Å². The summed E-state index contributed by atoms with van der Waals surface area (Å²) in [6.07, 6.45) is 2.81. The average molecular weight is 259 g/mol. The van der Waals surface area contributed by atoms with Gasteiger partial charge < -0.3 is 21.5 Å². The van der Waals surface area contributed by atoms with E-state index >= 15 is 0 Å². The zero-order chi connectivity index (χ0) is 14.0. The van der Waals surface area contributed by atoms with Crippen molar-refractivity contribution in [2.24, 2.45) is 5.73 Å². The van der Waals surface area contributed by atoms with Crippen molar-refractivity contribution in [3.05, 3.63) is 0 Å². The number of amides is 3. The highest BCUT2D eigenvalue weighted by molar-refractivity contribution is 5.83. The molecular weight excluding hydrogens is 238 g/mol. The number of carboxylic acid groups (broad SMARTS) is 1. The van der Waals surface area contributed by atoms with Crippen LogP contribution in [0.3, 0.4) is 0 Å². The largest absolute Gasteiger partial charge is 0.480 e. The van der Waals surface area contributed by atoms with Crippen molar-refractivity contribution in [1.29, 1.82) is 0 Å². The minimum absolute atomic E-state index is 0.00690. The van der Waals surface area contributed by atoms with Crippen LogP contribution in [0.4, 0.5) is 4.79 Å². The van der Waals surface area contributed by atoms with E-state index in [4.69, 9.17) is 10.8 Å². The summed E-state index contributed by atoms with van der Waals surface area (Å²) >= 11 is 0. The third kappa shape index (κ3) is 8.37. The molecule has 7 nitrogen and oxygen atoms in total. The Morgan fingerprint density at radius 1 is 1.28 bits per heavy atom. The molecule has 0 radical (unpaired) electrons. The van der Waals surface area contributed by atoms with Crippen molar-refractivity contribution in [3.8, 4) is 0 Å². The molecule has 3 amide bonds. The molecule has 104 valence electrons. The van der Waals surface area contributed by atoms with Crippen molar-refractivity contribution in [1.82, 2.24) is 10.6 Å². The van der Waals surface area contributed by atoms with E-state index < -0.39 is 23.9 Å². The molecule has 0 saturated heterocycles. The van der Waals surface area contributed by atoms with E-state index in [0.29, 0.717) is 6.54 Å². The molecule has 0 fully saturated rings. The van der Waals surface area contributed by atoms with Crippen molar-refractivity contribution in [3.63, 3.8) is 0 Å². The van der Waals surface area contributed by atoms with Crippen LogP contribution < -0.4 is 16.4 Å². The lowest BCUT2D eigenvalue weighted by molar-refractivity contribution is -0.139. The number of hydrogen-bond donors (Lipinski definition) is 4. The molecular formula is C11H21N3O4. The van der Waals surface area contributed by atoms with Gasteiger partial charge in [0.1, 0.15) is 6.04 Å². The number of primary amides is 1. The van der Waals surface area contributed by atoms with Crippen LogP contribution in [0.25, 0.3) is 0 Å². The highest BCUT2D eigenvalue weighted by Gasteiger charge is 2.20. The summed E-state index contributed by atoms with van der Waals surface area (Å²) in [5.74, 6) is -1.77. The molecule has 0 aromatic heterocycles. The van der Waals surface area contributed by atoms with E-state index in [-0.39, 0.29) is 12.8 Å². The van der Waals surface area contributed by atoms with Gasteiger partial charge in [-0.3, -0.25) is 4.79 Å². The van der Waals surface area contributed by atoms with E-state index in [0.717, 1.165) is 19.3 Å². The molecule has 0 aromatic rings. The number of rotatable bonds is 9. The number of carbonyl (C=O) groups excluding carboxylic acids is 2. The summed E-state index contributed by atoms with van der Waals surface area (Å²) in [6.45, 7) is 2.55. The van der Waals surface area contributed by atoms with E-state index in [1.54, 1.807) is 0 Å². The van der Waals surface area contributed by atoms with E-state index in [2.05, 4.69) is 10.6 Å². The first kappa shape index (κ1) is 16.2. The van der Waals surface area contributed by atoms with Gasteiger partial charge in [-0.1, -0.05) is 19.8 Å². The quantitative estimate of drug-likeness (QED) is 0.442. The minimum Gasteiger partial charge on any atom is -0.480 e. The number of hydrogen-bond acceptors (Lipinski definition) is 3. The SMILES string of the molecule is CCCCCNC(=O)N[C@@H](CCC(N)=O)C(=O)O. The van der Waals surface area contributed by atoms with Gasteiger partial charge in [0.15, 0.2) is 0 Å². The molecule has 5 N–H and O–H groups in total. The van der Waals surface area contributed by atoms with Crippen LogP contribution in [0.15, 0.2) is 0 Å². The average Bonchev–Trinajstić information content (AvgIpc) is 2.29. The molecule has 0 heterocycles. The number of nitrogens with two attached hydrogens (primary N) is 1. The summed E-state index contributed by atoms with van der Waals surface area (Å²) in [4.78, 5) is 32.8. The van der Waals surface area contributed by atoms with Crippen molar-refractivity contribution < 1.29 is 19.5 Å². The number of carboxylic acids is 1. The smallest absolute Gasteiger partial charge is 0.326 e. The molecule has 0 rings (SSSR count). The summed E-state index contributed by atoms with van der Waals surface area (Å²) in [6, 6.07) is -1.63. The monoisotopic (exact) mass is 259 g/mol. The Kier molecular flexibility index (Phi) is 8.34. The van der Waals surface area contributed by atoms with Crippen LogP contribution in [0.5, 0.6) is 0 Å². The molecule has 18 heavy (non-hydrogen) atoms. The first-order chi connectivity index (χ1) is 8.47. The van der Waals surface area contributed by atoms with Gasteiger partial charge in [-0.15, -0.1) is 0 Å². The Bertz CT molecular complexity index is 294. The molecule has 0 bridgehead atoms. The second-order valence-electron chi connectivity index (χ2n) is 4.00. The second kappa shape index (κ2) is 9.26. The molecule has 0 aliphatic carbocycles. The number of aliphatic carboxylic acids is 1. The van der Waals surface area contributed by atoms with Crippen LogP contribution in [-0.2, 0) is 9.59 Å². The normalized spacial score (nSPS) is 11.6. The molecule has 0 unspecified atom stereocenters. The Hall–Kier alpha value is -1.79. The lowest BCUT2D eigenvalue weighted by Crippen LogP contribution is -2.46. The second-order valence-corrected chi connectivity index (χ2v) is 4.00. The maximum absolute atomic E-state index is 11.4. The summed E-state index contributed by atoms with van der Waals surface area (Å²) in [5.41, 5.74) is 4.93. The Labute approximate surface area is 106 Å². The van der Waals surface area contributed by atoms with Crippen LogP contribution in [-0.4, -0.2) is 35.6 Å². The lowest BCUT2D eigenvalue weighted by atomic mass is 10.1. The third-order valence-corrected chi connectivity index (χ3v) is 2.35. The standard InChI is InChI=1S/C11H21N3O4/c1-2-3-4-7-13-11(18)14-8(10(16)17)5-6-9(12)15/h8H,2-7H2,1H3,(H2,12,15)(H,16,17)(H2,13,14,18)/t8-/m0/s1. The van der Waals surface area contributed by atoms with Crippen molar-refractivity contribution >= 4 is 17.9 Å². The van der Waals surface area contributed by atoms with Gasteiger partial charge in [0.2, 0.25) is 5.91 Å². The van der Waals surface area contributed by atoms with Gasteiger partial charge >= 0.3 is 12.0 Å². The predicted molar refractivity (Wildman–Crippen MR) is 65.9 cm³/mol. The number of unbranched alkanes of at least 4 members (excludes halogenated alkanes) is 2. The highest BCUT2D eigenvalue weighted by Crippen LogP contribution is 1.97. The van der Waals surface area contributed by atoms with Crippen molar-refractivity contribution in [2.75, 3.05) is 6.54 Å². The minimum atomic E-state index is -1.18. The lowest BCUT2D eigenvalue weighted by Gasteiger charge is -2.14. The van der Waals surface area contributed by atoms with Crippen LogP contribution in [0.1, 0.15) is 39.0 Å². The fourth-order valence-electron chi connectivity index (χ4n) is 1.33. The molecule has 1 atom stereocenters. The fraction of sp³-hybridized carbons (Fsp3) is 0.727. The van der Waals surface area contributed by atoms with Gasteiger partial charge in [0.25, 0.3) is 0 Å². The number of nitrogens with one attached hydrogen (secondary N) is 2. The van der Waals surface area contributed by atoms with Gasteiger partial charge in [0, 0.05) is 13.0 Å². The molecule has 0 saturated carbocycles.